The van der Waals surface area contributed by atoms with Crippen LogP contribution in [0.2, 0.25) is 5.02 Å². The lowest BCUT2D eigenvalue weighted by atomic mass is 10.1. The molecule has 0 saturated carbocycles. The Labute approximate surface area is 250 Å². The highest BCUT2D eigenvalue weighted by Gasteiger charge is 2.39. The normalized spacial score (nSPS) is 16.7. The smallest absolute Gasteiger partial charge is 0.303 e. The number of carbonyl (C=O) groups is 3. The third kappa shape index (κ3) is 6.48. The number of hydrogen-bond acceptors (Lipinski definition) is 7. The molecule has 1 saturated heterocycles. The molecule has 2 aromatic heterocycles. The molecule has 0 aliphatic carbocycles. The first-order valence-corrected chi connectivity index (χ1v) is 14.7. The van der Waals surface area contributed by atoms with Crippen molar-refractivity contribution in [1.82, 2.24) is 9.88 Å². The van der Waals surface area contributed by atoms with E-state index in [4.69, 9.17) is 25.9 Å². The van der Waals surface area contributed by atoms with E-state index in [1.54, 1.807) is 35.4 Å². The summed E-state index contributed by atoms with van der Waals surface area (Å²) in [6.07, 6.45) is 4.45. The van der Waals surface area contributed by atoms with Gasteiger partial charge >= 0.3 is 5.97 Å². The Bertz CT molecular complexity index is 1620. The van der Waals surface area contributed by atoms with E-state index in [9.17, 15) is 14.4 Å². The summed E-state index contributed by atoms with van der Waals surface area (Å²) in [5.41, 5.74) is 1.00. The van der Waals surface area contributed by atoms with Crippen molar-refractivity contribution < 1.29 is 33.0 Å². The summed E-state index contributed by atoms with van der Waals surface area (Å²) in [7, 11) is 0. The summed E-state index contributed by atoms with van der Waals surface area (Å²) in [5.74, 6) is -2.38. The molecule has 0 radical (unpaired) electrons. The van der Waals surface area contributed by atoms with E-state index in [1.807, 2.05) is 6.92 Å². The predicted molar refractivity (Wildman–Crippen MR) is 156 cm³/mol. The van der Waals surface area contributed by atoms with Gasteiger partial charge in [0.15, 0.2) is 0 Å². The van der Waals surface area contributed by atoms with Gasteiger partial charge in [0.1, 0.15) is 22.7 Å². The monoisotopic (exact) mass is 613 g/mol. The number of anilines is 1. The molecule has 9 nitrogen and oxygen atoms in total. The molecule has 4 aromatic rings. The van der Waals surface area contributed by atoms with Crippen LogP contribution in [0, 0.1) is 5.82 Å². The van der Waals surface area contributed by atoms with Crippen molar-refractivity contribution >= 4 is 57.4 Å². The van der Waals surface area contributed by atoms with Gasteiger partial charge in [-0.1, -0.05) is 29.8 Å². The highest BCUT2D eigenvalue weighted by atomic mass is 35.5. The fourth-order valence-corrected chi connectivity index (χ4v) is 6.44. The average molecular weight is 614 g/mol. The van der Waals surface area contributed by atoms with E-state index in [0.29, 0.717) is 48.5 Å². The van der Waals surface area contributed by atoms with Gasteiger partial charge in [0, 0.05) is 23.1 Å². The maximum atomic E-state index is 15.3. The Morgan fingerprint density at radius 3 is 2.86 bits per heavy atom. The van der Waals surface area contributed by atoms with Crippen molar-refractivity contribution in [1.29, 1.82) is 0 Å². The number of ether oxygens (including phenoxy) is 1. The summed E-state index contributed by atoms with van der Waals surface area (Å²) in [5, 5.41) is 13.1. The number of halogens is 2. The number of thiazole rings is 1. The summed E-state index contributed by atoms with van der Waals surface area (Å²) in [6.45, 7) is 2.71. The number of nitrogens with zero attached hydrogens (tertiary/aromatic N) is 2. The van der Waals surface area contributed by atoms with Crippen molar-refractivity contribution in [2.75, 3.05) is 18.5 Å². The molecule has 2 aromatic carbocycles. The molecule has 2 amide bonds. The molecular formula is C30H29ClFN3O6S. The number of amides is 2. The highest BCUT2D eigenvalue weighted by Crippen LogP contribution is 2.39. The van der Waals surface area contributed by atoms with Gasteiger partial charge in [-0.25, -0.2) is 9.37 Å². The van der Waals surface area contributed by atoms with E-state index >= 15 is 4.39 Å². The summed E-state index contributed by atoms with van der Waals surface area (Å²) >= 11 is 7.83. The molecule has 42 heavy (non-hydrogen) atoms. The number of carbonyl (C=O) groups excluding carboxylic acids is 2. The van der Waals surface area contributed by atoms with E-state index in [2.05, 4.69) is 10.3 Å². The number of fused-ring (bicyclic) bond motifs is 1. The fourth-order valence-electron chi connectivity index (χ4n) is 5.16. The van der Waals surface area contributed by atoms with Gasteiger partial charge in [0.25, 0.3) is 5.91 Å². The molecule has 2 atom stereocenters. The lowest BCUT2D eigenvalue weighted by Gasteiger charge is -2.29. The second kappa shape index (κ2) is 13.0. The highest BCUT2D eigenvalue weighted by molar-refractivity contribution is 7.11. The number of aromatic nitrogens is 1. The maximum absolute atomic E-state index is 15.3. The van der Waals surface area contributed by atoms with Crippen LogP contribution < -0.4 is 5.32 Å². The topological polar surface area (TPSA) is 122 Å². The number of aryl methyl sites for hydroxylation is 1. The molecule has 220 valence electrons. The number of likely N-dealkylation sites (tertiary alicyclic amines) is 1. The molecule has 5 rings (SSSR count). The average Bonchev–Trinajstić information content (AvgIpc) is 3.71. The number of para-hydroxylation sites is 1. The second-order valence-electron chi connectivity index (χ2n) is 9.97. The number of benzene rings is 2. The molecule has 2 N–H and O–H groups in total. The minimum Gasteiger partial charge on any atom is -0.481 e. The molecule has 1 aliphatic rings. The zero-order valence-corrected chi connectivity index (χ0v) is 24.3. The van der Waals surface area contributed by atoms with Crippen molar-refractivity contribution in [3.05, 3.63) is 80.7 Å². The molecule has 0 spiro atoms. The number of nitrogens with one attached hydrogen (secondary N) is 1. The second-order valence-corrected chi connectivity index (χ2v) is 11.5. The minimum absolute atomic E-state index is 0.00291. The van der Waals surface area contributed by atoms with Gasteiger partial charge < -0.3 is 24.5 Å². The van der Waals surface area contributed by atoms with Gasteiger partial charge in [-0.2, -0.15) is 0 Å². The van der Waals surface area contributed by atoms with Crippen LogP contribution in [0.15, 0.2) is 53.3 Å². The van der Waals surface area contributed by atoms with Crippen molar-refractivity contribution in [3.8, 4) is 0 Å². The van der Waals surface area contributed by atoms with Gasteiger partial charge in [-0.05, 0) is 49.9 Å². The standard InChI is InChI=1S/C30H29ClFN3O6S/c1-2-40-15-18-7-9-25(30-33-14-19(42-30)8-10-28(37)38)35(18)27(36)12-17-11-22(31)24(13-23(17)32)34-29(39)21-16-41-26-6-4-3-5-20(21)26/h3-6,11,13-14,16,18,25H,2,7-10,12,15H2,1H3,(H,34,39)(H,37,38)/t18-,25-/m0/s1. The van der Waals surface area contributed by atoms with Crippen LogP contribution in [-0.2, 0) is 27.2 Å². The molecule has 12 heteroatoms. The third-order valence-electron chi connectivity index (χ3n) is 7.20. The Morgan fingerprint density at radius 2 is 2.07 bits per heavy atom. The van der Waals surface area contributed by atoms with Crippen LogP contribution in [-0.4, -0.2) is 52.0 Å². The van der Waals surface area contributed by atoms with E-state index in [-0.39, 0.29) is 52.7 Å². The third-order valence-corrected chi connectivity index (χ3v) is 8.67. The van der Waals surface area contributed by atoms with Gasteiger partial charge in [0.05, 0.1) is 47.8 Å². The van der Waals surface area contributed by atoms with Crippen molar-refractivity contribution in [2.45, 2.75) is 51.1 Å². The number of carboxylic acid groups (broad SMARTS) is 1. The van der Waals surface area contributed by atoms with Crippen LogP contribution in [0.25, 0.3) is 11.0 Å². The van der Waals surface area contributed by atoms with E-state index in [0.717, 1.165) is 10.9 Å². The van der Waals surface area contributed by atoms with Crippen molar-refractivity contribution in [3.63, 3.8) is 0 Å². The Morgan fingerprint density at radius 1 is 1.26 bits per heavy atom. The molecule has 0 bridgehead atoms. The first-order valence-electron chi connectivity index (χ1n) is 13.6. The lowest BCUT2D eigenvalue weighted by Crippen LogP contribution is -2.40. The summed E-state index contributed by atoms with van der Waals surface area (Å²) < 4.78 is 26.4. The van der Waals surface area contributed by atoms with Gasteiger partial charge in [-0.15, -0.1) is 11.3 Å². The van der Waals surface area contributed by atoms with Crippen molar-refractivity contribution in [2.24, 2.45) is 0 Å². The Kier molecular flexibility index (Phi) is 9.20. The first kappa shape index (κ1) is 29.7. The summed E-state index contributed by atoms with van der Waals surface area (Å²) in [4.78, 5) is 44.6. The predicted octanol–water partition coefficient (Wildman–Crippen LogP) is 6.26. The molecule has 1 aliphatic heterocycles. The minimum atomic E-state index is -0.888. The van der Waals surface area contributed by atoms with Gasteiger partial charge in [-0.3, -0.25) is 14.4 Å². The first-order chi connectivity index (χ1) is 20.2. The quantitative estimate of drug-likeness (QED) is 0.205. The van der Waals surface area contributed by atoms with Crippen LogP contribution in [0.1, 0.15) is 58.0 Å². The zero-order chi connectivity index (χ0) is 29.8. The number of aliphatic carboxylic acids is 1. The zero-order valence-electron chi connectivity index (χ0n) is 22.8. The molecule has 3 heterocycles. The van der Waals surface area contributed by atoms with E-state index < -0.39 is 17.7 Å². The lowest BCUT2D eigenvalue weighted by molar-refractivity contribution is -0.137. The van der Waals surface area contributed by atoms with Crippen LogP contribution in [0.3, 0.4) is 0 Å². The molecule has 0 unspecified atom stereocenters. The van der Waals surface area contributed by atoms with Gasteiger partial charge in [0.2, 0.25) is 5.91 Å². The number of carboxylic acids is 1. The Hall–Kier alpha value is -3.80. The van der Waals surface area contributed by atoms with Crippen LogP contribution >= 0.6 is 22.9 Å². The fraction of sp³-hybridized carbons (Fsp3) is 0.333. The van der Waals surface area contributed by atoms with Crippen LogP contribution in [0.5, 0.6) is 0 Å². The van der Waals surface area contributed by atoms with E-state index in [1.165, 1.54) is 23.7 Å². The number of furan rings is 1. The number of hydrogen-bond donors (Lipinski definition) is 2. The molecular weight excluding hydrogens is 585 g/mol. The SMILES string of the molecule is CCOC[C@@H]1CC[C@@H](c2ncc(CCC(=O)O)s2)N1C(=O)Cc1cc(Cl)c(NC(=O)c2coc3ccccc23)cc1F. The Balaban J connectivity index is 1.33. The largest absolute Gasteiger partial charge is 0.481 e. The maximum Gasteiger partial charge on any atom is 0.303 e. The number of rotatable bonds is 11. The summed E-state index contributed by atoms with van der Waals surface area (Å²) in [6, 6.07) is 8.99. The van der Waals surface area contributed by atoms with Crippen LogP contribution in [0.4, 0.5) is 10.1 Å². The molecule has 1 fully saturated rings.